The Kier molecular flexibility index (Phi) is 4.73. The van der Waals surface area contributed by atoms with Crippen LogP contribution in [0, 0.1) is 17.8 Å². The van der Waals surface area contributed by atoms with Crippen LogP contribution >= 0.6 is 0 Å². The fourth-order valence-corrected chi connectivity index (χ4v) is 5.96. The predicted octanol–water partition coefficient (Wildman–Crippen LogP) is 3.02. The third-order valence-electron chi connectivity index (χ3n) is 6.36. The van der Waals surface area contributed by atoms with Crippen molar-refractivity contribution in [2.24, 2.45) is 17.8 Å². The van der Waals surface area contributed by atoms with Crippen molar-refractivity contribution in [2.75, 3.05) is 6.54 Å². The molecule has 1 amide bonds. The number of nitrogens with one attached hydrogen (secondary N) is 1. The largest absolute Gasteiger partial charge is 0.416 e. The molecule has 1 aromatic rings. The van der Waals surface area contributed by atoms with Crippen LogP contribution in [0.5, 0.6) is 0 Å². The first-order valence-electron chi connectivity index (χ1n) is 9.56. The lowest BCUT2D eigenvalue weighted by molar-refractivity contribution is -0.137. The second-order valence-electron chi connectivity index (χ2n) is 8.22. The Morgan fingerprint density at radius 1 is 1.25 bits per heavy atom. The summed E-state index contributed by atoms with van der Waals surface area (Å²) in [5, 5.41) is 0. The van der Waals surface area contributed by atoms with Gasteiger partial charge in [-0.05, 0) is 55.2 Å². The molecule has 0 radical (unpaired) electrons. The van der Waals surface area contributed by atoms with Gasteiger partial charge in [-0.15, -0.1) is 0 Å². The number of benzene rings is 1. The number of fused-ring (bicyclic) bond motifs is 1. The molecule has 1 heterocycles. The molecule has 1 saturated heterocycles. The van der Waals surface area contributed by atoms with Gasteiger partial charge in [0.15, 0.2) is 0 Å². The highest BCUT2D eigenvalue weighted by atomic mass is 32.2. The number of rotatable bonds is 5. The minimum Gasteiger partial charge on any atom is -0.336 e. The molecule has 1 aliphatic heterocycles. The zero-order valence-corrected chi connectivity index (χ0v) is 16.3. The maximum Gasteiger partial charge on any atom is 0.416 e. The molecule has 0 bridgehead atoms. The van der Waals surface area contributed by atoms with Crippen LogP contribution in [0.2, 0.25) is 0 Å². The highest BCUT2D eigenvalue weighted by molar-refractivity contribution is 7.89. The molecule has 4 rings (SSSR count). The Morgan fingerprint density at radius 3 is 2.61 bits per heavy atom. The lowest BCUT2D eigenvalue weighted by Gasteiger charge is -2.24. The van der Waals surface area contributed by atoms with Crippen LogP contribution in [-0.4, -0.2) is 37.9 Å². The van der Waals surface area contributed by atoms with E-state index in [9.17, 15) is 26.4 Å². The molecule has 9 heteroatoms. The standard InChI is InChI=1S/C19H23F3N2O3S/c1-11-7-17-15(9-18(25)24(17)13-5-6-13)16(11)10-23-28(26,27)14-4-2-3-12(8-14)19(20,21)22/h2-4,8,11,13,15-17,23H,5-7,9-10H2,1H3/t11-,15-,16+,17+/m0/s1. The van der Waals surface area contributed by atoms with E-state index in [0.717, 1.165) is 37.5 Å². The van der Waals surface area contributed by atoms with E-state index in [4.69, 9.17) is 0 Å². The third-order valence-corrected chi connectivity index (χ3v) is 7.79. The lowest BCUT2D eigenvalue weighted by atomic mass is 9.89. The van der Waals surface area contributed by atoms with Gasteiger partial charge in [0.1, 0.15) is 0 Å². The van der Waals surface area contributed by atoms with Crippen LogP contribution in [0.4, 0.5) is 13.2 Å². The fourth-order valence-electron chi connectivity index (χ4n) is 4.85. The van der Waals surface area contributed by atoms with E-state index in [-0.39, 0.29) is 36.2 Å². The van der Waals surface area contributed by atoms with Crippen molar-refractivity contribution in [3.63, 3.8) is 0 Å². The number of alkyl halides is 3. The van der Waals surface area contributed by atoms with Crippen molar-refractivity contribution < 1.29 is 26.4 Å². The first-order chi connectivity index (χ1) is 13.1. The minimum absolute atomic E-state index is 0.00160. The normalized spacial score (nSPS) is 30.7. The van der Waals surface area contributed by atoms with Crippen molar-refractivity contribution in [3.8, 4) is 0 Å². The number of carbonyl (C=O) groups is 1. The van der Waals surface area contributed by atoms with E-state index >= 15 is 0 Å². The Morgan fingerprint density at radius 2 is 1.96 bits per heavy atom. The highest BCUT2D eigenvalue weighted by Gasteiger charge is 2.54. The van der Waals surface area contributed by atoms with Gasteiger partial charge in [-0.2, -0.15) is 13.2 Å². The number of sulfonamides is 1. The van der Waals surface area contributed by atoms with Gasteiger partial charge in [0.05, 0.1) is 10.5 Å². The van der Waals surface area contributed by atoms with Crippen LogP contribution in [0.15, 0.2) is 29.2 Å². The van der Waals surface area contributed by atoms with Crippen molar-refractivity contribution in [2.45, 2.75) is 55.8 Å². The van der Waals surface area contributed by atoms with Crippen molar-refractivity contribution in [1.29, 1.82) is 0 Å². The molecule has 28 heavy (non-hydrogen) atoms. The number of hydrogen-bond acceptors (Lipinski definition) is 3. The summed E-state index contributed by atoms with van der Waals surface area (Å²) in [5.74, 6) is 0.495. The van der Waals surface area contributed by atoms with Gasteiger partial charge in [-0.25, -0.2) is 13.1 Å². The lowest BCUT2D eigenvalue weighted by Crippen LogP contribution is -2.36. The Labute approximate surface area is 162 Å². The molecule has 1 aromatic carbocycles. The van der Waals surface area contributed by atoms with Gasteiger partial charge >= 0.3 is 6.18 Å². The van der Waals surface area contributed by atoms with E-state index < -0.39 is 26.7 Å². The number of amides is 1. The van der Waals surface area contributed by atoms with E-state index in [1.807, 2.05) is 4.90 Å². The topological polar surface area (TPSA) is 66.5 Å². The summed E-state index contributed by atoms with van der Waals surface area (Å²) in [4.78, 5) is 14.0. The second-order valence-corrected chi connectivity index (χ2v) is 9.99. The maximum absolute atomic E-state index is 12.9. The van der Waals surface area contributed by atoms with Gasteiger partial charge in [-0.1, -0.05) is 13.0 Å². The quantitative estimate of drug-likeness (QED) is 0.803. The van der Waals surface area contributed by atoms with Gasteiger partial charge in [-0.3, -0.25) is 4.79 Å². The molecule has 3 fully saturated rings. The summed E-state index contributed by atoms with van der Waals surface area (Å²) in [6.07, 6.45) is -1.24. The molecule has 0 aromatic heterocycles. The molecule has 154 valence electrons. The highest BCUT2D eigenvalue weighted by Crippen LogP contribution is 2.49. The molecule has 0 spiro atoms. The number of halogens is 3. The van der Waals surface area contributed by atoms with Crippen LogP contribution in [0.1, 0.15) is 38.2 Å². The fraction of sp³-hybridized carbons (Fsp3) is 0.632. The van der Waals surface area contributed by atoms with Gasteiger partial charge in [0.2, 0.25) is 15.9 Å². The Balaban J connectivity index is 1.47. The summed E-state index contributed by atoms with van der Waals surface area (Å²) in [6, 6.07) is 4.26. The van der Waals surface area contributed by atoms with E-state index in [1.165, 1.54) is 0 Å². The summed E-state index contributed by atoms with van der Waals surface area (Å²) in [6.45, 7) is 2.18. The molecule has 2 aliphatic carbocycles. The maximum atomic E-state index is 12.9. The summed E-state index contributed by atoms with van der Waals surface area (Å²) in [5.41, 5.74) is -0.994. The molecule has 2 saturated carbocycles. The van der Waals surface area contributed by atoms with Crippen molar-refractivity contribution in [1.82, 2.24) is 9.62 Å². The number of nitrogens with zero attached hydrogens (tertiary/aromatic N) is 1. The van der Waals surface area contributed by atoms with Crippen LogP contribution in [-0.2, 0) is 21.0 Å². The molecular formula is C19H23F3N2O3S. The zero-order chi connectivity index (χ0) is 20.3. The molecular weight excluding hydrogens is 393 g/mol. The molecule has 0 unspecified atom stereocenters. The number of carbonyl (C=O) groups excluding carboxylic acids is 1. The minimum atomic E-state index is -4.60. The predicted molar refractivity (Wildman–Crippen MR) is 95.7 cm³/mol. The van der Waals surface area contributed by atoms with E-state index in [0.29, 0.717) is 18.5 Å². The molecule has 4 atom stereocenters. The molecule has 5 nitrogen and oxygen atoms in total. The van der Waals surface area contributed by atoms with Gasteiger partial charge in [0.25, 0.3) is 0 Å². The van der Waals surface area contributed by atoms with Gasteiger partial charge < -0.3 is 4.90 Å². The SMILES string of the molecule is C[C@H]1C[C@@H]2[C@@H](CC(=O)N2C2CC2)[C@@H]1CNS(=O)(=O)c1cccc(C(F)(F)F)c1. The summed E-state index contributed by atoms with van der Waals surface area (Å²) < 4.78 is 66.2. The smallest absolute Gasteiger partial charge is 0.336 e. The van der Waals surface area contributed by atoms with E-state index in [1.54, 1.807) is 0 Å². The van der Waals surface area contributed by atoms with Crippen molar-refractivity contribution >= 4 is 15.9 Å². The van der Waals surface area contributed by atoms with Crippen LogP contribution in [0.3, 0.4) is 0 Å². The summed E-state index contributed by atoms with van der Waals surface area (Å²) >= 11 is 0. The first-order valence-corrected chi connectivity index (χ1v) is 11.0. The zero-order valence-electron chi connectivity index (χ0n) is 15.4. The Bertz CT molecular complexity index is 883. The summed E-state index contributed by atoms with van der Waals surface area (Å²) in [7, 11) is -4.06. The monoisotopic (exact) mass is 416 g/mol. The van der Waals surface area contributed by atoms with Crippen LogP contribution < -0.4 is 4.72 Å². The average Bonchev–Trinajstić information content (AvgIpc) is 3.33. The molecule has 1 N–H and O–H groups in total. The number of hydrogen-bond donors (Lipinski definition) is 1. The Hall–Kier alpha value is -1.61. The van der Waals surface area contributed by atoms with Crippen LogP contribution in [0.25, 0.3) is 0 Å². The van der Waals surface area contributed by atoms with E-state index in [2.05, 4.69) is 11.6 Å². The van der Waals surface area contributed by atoms with Gasteiger partial charge in [0, 0.05) is 25.0 Å². The molecule has 3 aliphatic rings. The van der Waals surface area contributed by atoms with Crippen molar-refractivity contribution in [3.05, 3.63) is 29.8 Å². The third kappa shape index (κ3) is 3.54. The first kappa shape index (κ1) is 19.7. The average molecular weight is 416 g/mol. The number of likely N-dealkylation sites (tertiary alicyclic amines) is 1. The second kappa shape index (κ2) is 6.73.